The molecule has 1 atom stereocenters. The van der Waals surface area contributed by atoms with Gasteiger partial charge in [0.15, 0.2) is 5.82 Å². The molecule has 1 aromatic heterocycles. The Kier molecular flexibility index (Phi) is 7.62. The van der Waals surface area contributed by atoms with E-state index in [0.717, 1.165) is 30.1 Å². The molecule has 0 radical (unpaired) electrons. The van der Waals surface area contributed by atoms with Crippen LogP contribution in [0.1, 0.15) is 82.2 Å². The van der Waals surface area contributed by atoms with Crippen molar-refractivity contribution < 1.29 is 0 Å². The lowest BCUT2D eigenvalue weighted by Crippen LogP contribution is -2.11. The minimum atomic E-state index is 0.370. The summed E-state index contributed by atoms with van der Waals surface area (Å²) in [5, 5.41) is 9.59. The summed E-state index contributed by atoms with van der Waals surface area (Å²) in [5.74, 6) is 2.78. The predicted octanol–water partition coefficient (Wildman–Crippen LogP) is 8.72. The molecule has 176 valence electrons. The lowest BCUT2D eigenvalue weighted by atomic mass is 9.94. The zero-order valence-electron chi connectivity index (χ0n) is 21.3. The molecular weight excluding hydrogens is 414 g/mol. The van der Waals surface area contributed by atoms with Crippen molar-refractivity contribution >= 4 is 0 Å². The van der Waals surface area contributed by atoms with E-state index in [1.807, 2.05) is 0 Å². The Morgan fingerprint density at radius 2 is 1.56 bits per heavy atom. The molecular formula is C31H37N3. The van der Waals surface area contributed by atoms with Crippen LogP contribution in [-0.2, 0) is 0 Å². The Labute approximate surface area is 204 Å². The fraction of sp³-hybridized carbons (Fsp3) is 0.355. The van der Waals surface area contributed by atoms with Crippen LogP contribution in [0.25, 0.3) is 28.2 Å². The summed E-state index contributed by atoms with van der Waals surface area (Å²) in [6, 6.07) is 26.1. The van der Waals surface area contributed by atoms with Crippen molar-refractivity contribution in [2.45, 2.75) is 72.1 Å². The molecule has 4 rings (SSSR count). The van der Waals surface area contributed by atoms with Crippen LogP contribution >= 0.6 is 0 Å². The number of benzene rings is 3. The molecule has 0 aliphatic carbocycles. The topological polar surface area (TPSA) is 30.7 Å². The summed E-state index contributed by atoms with van der Waals surface area (Å²) in [7, 11) is 0. The quantitative estimate of drug-likeness (QED) is 0.255. The molecule has 0 bridgehead atoms. The summed E-state index contributed by atoms with van der Waals surface area (Å²) >= 11 is 0. The average Bonchev–Trinajstić information content (AvgIpc) is 3.29. The highest BCUT2D eigenvalue weighted by atomic mass is 15.3. The number of rotatable bonds is 9. The van der Waals surface area contributed by atoms with E-state index >= 15 is 0 Å². The monoisotopic (exact) mass is 451 g/mol. The van der Waals surface area contributed by atoms with Gasteiger partial charge in [0.05, 0.1) is 5.69 Å². The Hall–Kier alpha value is -3.20. The third-order valence-corrected chi connectivity index (χ3v) is 6.73. The molecule has 0 aliphatic heterocycles. The molecule has 0 N–H and O–H groups in total. The summed E-state index contributed by atoms with van der Waals surface area (Å²) < 4.78 is 2.35. The van der Waals surface area contributed by atoms with Gasteiger partial charge in [-0.1, -0.05) is 101 Å². The maximum absolute atomic E-state index is 4.82. The fourth-order valence-electron chi connectivity index (χ4n) is 4.77. The van der Waals surface area contributed by atoms with Crippen molar-refractivity contribution in [2.24, 2.45) is 0 Å². The van der Waals surface area contributed by atoms with Gasteiger partial charge in [0.2, 0.25) is 0 Å². The SMILES string of the molecule is CCCCC(CC)c1nnc(-c2cccc(C)c2)n1-c1ccc(-c2ccccc2)cc1C(C)C. The molecule has 1 unspecified atom stereocenters. The second-order valence-electron chi connectivity index (χ2n) is 9.63. The van der Waals surface area contributed by atoms with Crippen molar-refractivity contribution in [3.63, 3.8) is 0 Å². The van der Waals surface area contributed by atoms with Gasteiger partial charge in [-0.2, -0.15) is 0 Å². The van der Waals surface area contributed by atoms with E-state index in [2.05, 4.69) is 112 Å². The van der Waals surface area contributed by atoms with Gasteiger partial charge in [-0.15, -0.1) is 10.2 Å². The van der Waals surface area contributed by atoms with Gasteiger partial charge >= 0.3 is 0 Å². The van der Waals surface area contributed by atoms with E-state index in [-0.39, 0.29) is 0 Å². The summed E-state index contributed by atoms with van der Waals surface area (Å²) in [5.41, 5.74) is 7.36. The number of hydrogen-bond acceptors (Lipinski definition) is 2. The molecule has 3 heteroatoms. The second-order valence-corrected chi connectivity index (χ2v) is 9.63. The Morgan fingerprint density at radius 1 is 0.794 bits per heavy atom. The van der Waals surface area contributed by atoms with Gasteiger partial charge < -0.3 is 0 Å². The van der Waals surface area contributed by atoms with Crippen molar-refractivity contribution in [2.75, 3.05) is 0 Å². The van der Waals surface area contributed by atoms with Crippen LogP contribution in [0.15, 0.2) is 72.8 Å². The molecule has 0 saturated heterocycles. The van der Waals surface area contributed by atoms with Crippen LogP contribution in [0.5, 0.6) is 0 Å². The Bertz CT molecular complexity index is 1220. The maximum atomic E-state index is 4.82. The largest absolute Gasteiger partial charge is 0.278 e. The number of unbranched alkanes of at least 4 members (excludes halogenated alkanes) is 1. The first-order valence-corrected chi connectivity index (χ1v) is 12.8. The van der Waals surface area contributed by atoms with E-state index in [4.69, 9.17) is 10.2 Å². The Balaban J connectivity index is 1.93. The first kappa shape index (κ1) is 23.9. The van der Waals surface area contributed by atoms with Gasteiger partial charge in [-0.3, -0.25) is 4.57 Å². The van der Waals surface area contributed by atoms with Gasteiger partial charge in [0, 0.05) is 11.5 Å². The molecule has 1 heterocycles. The van der Waals surface area contributed by atoms with Crippen molar-refractivity contribution in [1.29, 1.82) is 0 Å². The van der Waals surface area contributed by atoms with E-state index in [0.29, 0.717) is 11.8 Å². The molecule has 0 amide bonds. The van der Waals surface area contributed by atoms with Crippen molar-refractivity contribution in [3.8, 4) is 28.2 Å². The number of hydrogen-bond donors (Lipinski definition) is 0. The lowest BCUT2D eigenvalue weighted by Gasteiger charge is -2.22. The van der Waals surface area contributed by atoms with Gasteiger partial charge in [0.1, 0.15) is 5.82 Å². The van der Waals surface area contributed by atoms with Crippen LogP contribution in [0, 0.1) is 6.92 Å². The molecule has 0 saturated carbocycles. The van der Waals surface area contributed by atoms with Crippen molar-refractivity contribution in [3.05, 3.63) is 89.7 Å². The first-order chi connectivity index (χ1) is 16.5. The number of aromatic nitrogens is 3. The minimum absolute atomic E-state index is 0.370. The summed E-state index contributed by atoms with van der Waals surface area (Å²) in [4.78, 5) is 0. The van der Waals surface area contributed by atoms with E-state index < -0.39 is 0 Å². The normalized spacial score (nSPS) is 12.3. The maximum Gasteiger partial charge on any atom is 0.168 e. The third kappa shape index (κ3) is 4.99. The highest BCUT2D eigenvalue weighted by Crippen LogP contribution is 2.36. The summed E-state index contributed by atoms with van der Waals surface area (Å²) in [6.07, 6.45) is 4.59. The smallest absolute Gasteiger partial charge is 0.168 e. The van der Waals surface area contributed by atoms with E-state index in [9.17, 15) is 0 Å². The highest BCUT2D eigenvalue weighted by Gasteiger charge is 2.24. The highest BCUT2D eigenvalue weighted by molar-refractivity contribution is 5.68. The number of aryl methyl sites for hydroxylation is 1. The second kappa shape index (κ2) is 10.8. The molecule has 34 heavy (non-hydrogen) atoms. The van der Waals surface area contributed by atoms with Crippen molar-refractivity contribution in [1.82, 2.24) is 14.8 Å². The number of nitrogens with zero attached hydrogens (tertiary/aromatic N) is 3. The molecule has 3 aromatic carbocycles. The third-order valence-electron chi connectivity index (χ3n) is 6.73. The minimum Gasteiger partial charge on any atom is -0.278 e. The predicted molar refractivity (Wildman–Crippen MR) is 144 cm³/mol. The van der Waals surface area contributed by atoms with E-state index in [1.54, 1.807) is 0 Å². The molecule has 0 spiro atoms. The van der Waals surface area contributed by atoms with Crippen LogP contribution in [-0.4, -0.2) is 14.8 Å². The van der Waals surface area contributed by atoms with Crippen LogP contribution in [0.3, 0.4) is 0 Å². The zero-order chi connectivity index (χ0) is 24.1. The van der Waals surface area contributed by atoms with Crippen LogP contribution in [0.2, 0.25) is 0 Å². The van der Waals surface area contributed by atoms with Crippen LogP contribution in [0.4, 0.5) is 0 Å². The fourth-order valence-corrected chi connectivity index (χ4v) is 4.77. The molecule has 3 nitrogen and oxygen atoms in total. The van der Waals surface area contributed by atoms with E-state index in [1.165, 1.54) is 40.8 Å². The van der Waals surface area contributed by atoms with Crippen LogP contribution < -0.4 is 0 Å². The van der Waals surface area contributed by atoms with Gasteiger partial charge in [0.25, 0.3) is 0 Å². The first-order valence-electron chi connectivity index (χ1n) is 12.8. The Morgan fingerprint density at radius 3 is 2.24 bits per heavy atom. The molecule has 0 fully saturated rings. The van der Waals surface area contributed by atoms with Gasteiger partial charge in [-0.25, -0.2) is 0 Å². The average molecular weight is 452 g/mol. The standard InChI is InChI=1S/C31H37N3/c1-6-8-14-24(7-2)30-32-33-31(27-17-12-13-23(5)20-27)34(30)29-19-18-26(21-28(29)22(3)4)25-15-10-9-11-16-25/h9-13,15-22,24H,6-8,14H2,1-5H3. The molecule has 4 aromatic rings. The molecule has 0 aliphatic rings. The zero-order valence-corrected chi connectivity index (χ0v) is 21.3. The van der Waals surface area contributed by atoms with Gasteiger partial charge in [-0.05, 0) is 60.6 Å². The summed E-state index contributed by atoms with van der Waals surface area (Å²) in [6.45, 7) is 11.2. The lowest BCUT2D eigenvalue weighted by molar-refractivity contribution is 0.535.